The van der Waals surface area contributed by atoms with E-state index in [9.17, 15) is 4.79 Å². The van der Waals surface area contributed by atoms with Crippen LogP contribution in [0.15, 0.2) is 24.3 Å². The zero-order chi connectivity index (χ0) is 14.5. The second kappa shape index (κ2) is 6.64. The molecule has 1 aliphatic heterocycles. The Bertz CT molecular complexity index is 436. The van der Waals surface area contributed by atoms with Crippen molar-refractivity contribution in [1.29, 1.82) is 0 Å². The van der Waals surface area contributed by atoms with E-state index in [1.807, 2.05) is 24.0 Å². The highest BCUT2D eigenvalue weighted by molar-refractivity contribution is 5.78. The highest BCUT2D eigenvalue weighted by atomic mass is 16.5. The normalized spacial score (nSPS) is 16.9. The Labute approximate surface area is 121 Å². The van der Waals surface area contributed by atoms with Gasteiger partial charge in [0.25, 0.3) is 0 Å². The van der Waals surface area contributed by atoms with Gasteiger partial charge >= 0.3 is 0 Å². The summed E-state index contributed by atoms with van der Waals surface area (Å²) in [4.78, 5) is 16.5. The molecular formula is C16H24N2O2. The fourth-order valence-electron chi connectivity index (χ4n) is 2.46. The highest BCUT2D eigenvalue weighted by Gasteiger charge is 2.23. The molecule has 2 rings (SSSR count). The molecule has 20 heavy (non-hydrogen) atoms. The topological polar surface area (TPSA) is 32.8 Å². The first-order chi connectivity index (χ1) is 9.65. The van der Waals surface area contributed by atoms with Gasteiger partial charge in [-0.1, -0.05) is 13.8 Å². The van der Waals surface area contributed by atoms with Gasteiger partial charge in [-0.05, 0) is 30.7 Å². The second-order valence-electron chi connectivity index (χ2n) is 5.32. The number of hydrogen-bond acceptors (Lipinski definition) is 3. The van der Waals surface area contributed by atoms with E-state index in [1.54, 1.807) is 7.11 Å². The summed E-state index contributed by atoms with van der Waals surface area (Å²) in [5.41, 5.74) is 1.20. The fourth-order valence-corrected chi connectivity index (χ4v) is 2.46. The Kier molecular flexibility index (Phi) is 4.88. The number of nitrogens with zero attached hydrogens (tertiary/aromatic N) is 2. The first kappa shape index (κ1) is 14.7. The zero-order valence-electron chi connectivity index (χ0n) is 12.6. The SMILES string of the molecule is CC[C@@H](C)C(=O)N1CCN(c2ccc(OC)cc2)CC1. The van der Waals surface area contributed by atoms with Gasteiger partial charge in [-0.3, -0.25) is 4.79 Å². The molecular weight excluding hydrogens is 252 g/mol. The Morgan fingerprint density at radius 3 is 2.30 bits per heavy atom. The van der Waals surface area contributed by atoms with Gasteiger partial charge in [-0.2, -0.15) is 0 Å². The van der Waals surface area contributed by atoms with E-state index < -0.39 is 0 Å². The molecule has 0 aliphatic carbocycles. The number of amides is 1. The van der Waals surface area contributed by atoms with Crippen molar-refractivity contribution < 1.29 is 9.53 Å². The van der Waals surface area contributed by atoms with Crippen molar-refractivity contribution in [3.05, 3.63) is 24.3 Å². The summed E-state index contributed by atoms with van der Waals surface area (Å²) in [5, 5.41) is 0. The molecule has 1 fully saturated rings. The van der Waals surface area contributed by atoms with Crippen LogP contribution < -0.4 is 9.64 Å². The minimum Gasteiger partial charge on any atom is -0.497 e. The molecule has 0 aromatic heterocycles. The van der Waals surface area contributed by atoms with Gasteiger partial charge in [0.05, 0.1) is 7.11 Å². The summed E-state index contributed by atoms with van der Waals surface area (Å²) >= 11 is 0. The lowest BCUT2D eigenvalue weighted by Crippen LogP contribution is -2.50. The van der Waals surface area contributed by atoms with Crippen LogP contribution in [0.3, 0.4) is 0 Å². The van der Waals surface area contributed by atoms with Crippen molar-refractivity contribution in [3.63, 3.8) is 0 Å². The van der Waals surface area contributed by atoms with Crippen molar-refractivity contribution in [1.82, 2.24) is 4.90 Å². The van der Waals surface area contributed by atoms with Gasteiger partial charge in [-0.25, -0.2) is 0 Å². The average molecular weight is 276 g/mol. The Balaban J connectivity index is 1.92. The molecule has 0 unspecified atom stereocenters. The molecule has 1 atom stereocenters. The quantitative estimate of drug-likeness (QED) is 0.846. The number of hydrogen-bond donors (Lipinski definition) is 0. The van der Waals surface area contributed by atoms with Crippen molar-refractivity contribution in [2.75, 3.05) is 38.2 Å². The van der Waals surface area contributed by atoms with Gasteiger partial charge in [-0.15, -0.1) is 0 Å². The molecule has 4 nitrogen and oxygen atoms in total. The third-order valence-corrected chi connectivity index (χ3v) is 4.06. The van der Waals surface area contributed by atoms with E-state index in [0.29, 0.717) is 5.91 Å². The number of benzene rings is 1. The number of piperazine rings is 1. The van der Waals surface area contributed by atoms with Gasteiger partial charge in [0.15, 0.2) is 0 Å². The average Bonchev–Trinajstić information content (AvgIpc) is 2.53. The molecule has 1 heterocycles. The van der Waals surface area contributed by atoms with Crippen LogP contribution in [-0.4, -0.2) is 44.1 Å². The van der Waals surface area contributed by atoms with Crippen LogP contribution in [0.5, 0.6) is 5.75 Å². The van der Waals surface area contributed by atoms with E-state index >= 15 is 0 Å². The predicted molar refractivity (Wildman–Crippen MR) is 81.2 cm³/mol. The van der Waals surface area contributed by atoms with Gasteiger partial charge < -0.3 is 14.5 Å². The van der Waals surface area contributed by atoms with E-state index in [1.165, 1.54) is 5.69 Å². The van der Waals surface area contributed by atoms with E-state index in [4.69, 9.17) is 4.74 Å². The second-order valence-corrected chi connectivity index (χ2v) is 5.32. The predicted octanol–water partition coefficient (Wildman–Crippen LogP) is 2.39. The van der Waals surface area contributed by atoms with E-state index in [0.717, 1.165) is 38.3 Å². The van der Waals surface area contributed by atoms with Crippen molar-refractivity contribution in [2.45, 2.75) is 20.3 Å². The number of carbonyl (C=O) groups is 1. The van der Waals surface area contributed by atoms with Gasteiger partial charge in [0.2, 0.25) is 5.91 Å². The molecule has 0 radical (unpaired) electrons. The minimum atomic E-state index is 0.141. The van der Waals surface area contributed by atoms with Crippen LogP contribution in [0, 0.1) is 5.92 Å². The zero-order valence-corrected chi connectivity index (χ0v) is 12.6. The summed E-state index contributed by atoms with van der Waals surface area (Å²) in [5.74, 6) is 1.31. The smallest absolute Gasteiger partial charge is 0.225 e. The third-order valence-electron chi connectivity index (χ3n) is 4.06. The Morgan fingerprint density at radius 2 is 1.80 bits per heavy atom. The number of rotatable bonds is 4. The van der Waals surface area contributed by atoms with Crippen LogP contribution in [0.4, 0.5) is 5.69 Å². The van der Waals surface area contributed by atoms with Gasteiger partial charge in [0, 0.05) is 37.8 Å². The Hall–Kier alpha value is -1.71. The first-order valence-electron chi connectivity index (χ1n) is 7.33. The molecule has 1 aromatic rings. The summed E-state index contributed by atoms with van der Waals surface area (Å²) in [6.07, 6.45) is 0.914. The maximum Gasteiger partial charge on any atom is 0.225 e. The lowest BCUT2D eigenvalue weighted by molar-refractivity contribution is -0.135. The van der Waals surface area contributed by atoms with Gasteiger partial charge in [0.1, 0.15) is 5.75 Å². The molecule has 0 saturated carbocycles. The maximum atomic E-state index is 12.1. The van der Waals surface area contributed by atoms with Crippen LogP contribution in [0.1, 0.15) is 20.3 Å². The number of methoxy groups -OCH3 is 1. The molecule has 110 valence electrons. The van der Waals surface area contributed by atoms with E-state index in [-0.39, 0.29) is 5.92 Å². The molecule has 1 aromatic carbocycles. The lowest BCUT2D eigenvalue weighted by Gasteiger charge is -2.37. The first-order valence-corrected chi connectivity index (χ1v) is 7.33. The minimum absolute atomic E-state index is 0.141. The maximum absolute atomic E-state index is 12.1. The highest BCUT2D eigenvalue weighted by Crippen LogP contribution is 2.21. The van der Waals surface area contributed by atoms with Crippen LogP contribution >= 0.6 is 0 Å². The largest absolute Gasteiger partial charge is 0.497 e. The molecule has 1 amide bonds. The molecule has 4 heteroatoms. The summed E-state index contributed by atoms with van der Waals surface area (Å²) in [6, 6.07) is 8.11. The van der Waals surface area contributed by atoms with Crippen molar-refractivity contribution in [2.24, 2.45) is 5.92 Å². The monoisotopic (exact) mass is 276 g/mol. The molecule has 0 spiro atoms. The van der Waals surface area contributed by atoms with Crippen LogP contribution in [-0.2, 0) is 4.79 Å². The Morgan fingerprint density at radius 1 is 1.20 bits per heavy atom. The van der Waals surface area contributed by atoms with E-state index in [2.05, 4.69) is 24.0 Å². The molecule has 0 N–H and O–H groups in total. The number of ether oxygens (including phenoxy) is 1. The fraction of sp³-hybridized carbons (Fsp3) is 0.562. The van der Waals surface area contributed by atoms with Crippen molar-refractivity contribution in [3.8, 4) is 5.75 Å². The van der Waals surface area contributed by atoms with Crippen molar-refractivity contribution >= 4 is 11.6 Å². The molecule has 1 saturated heterocycles. The van der Waals surface area contributed by atoms with Crippen LogP contribution in [0.25, 0.3) is 0 Å². The standard InChI is InChI=1S/C16H24N2O2/c1-4-13(2)16(19)18-11-9-17(10-12-18)14-5-7-15(20-3)8-6-14/h5-8,13H,4,9-12H2,1-3H3/t13-/m1/s1. The third kappa shape index (κ3) is 3.24. The number of anilines is 1. The summed E-state index contributed by atoms with van der Waals surface area (Å²) < 4.78 is 5.17. The molecule has 0 bridgehead atoms. The lowest BCUT2D eigenvalue weighted by atomic mass is 10.1. The molecule has 1 aliphatic rings. The van der Waals surface area contributed by atoms with Crippen LogP contribution in [0.2, 0.25) is 0 Å². The number of carbonyl (C=O) groups excluding carboxylic acids is 1. The summed E-state index contributed by atoms with van der Waals surface area (Å²) in [7, 11) is 1.67. The summed E-state index contributed by atoms with van der Waals surface area (Å²) in [6.45, 7) is 7.50.